The van der Waals surface area contributed by atoms with E-state index in [1.54, 1.807) is 0 Å². The Morgan fingerprint density at radius 2 is 0.471 bits per heavy atom. The summed E-state index contributed by atoms with van der Waals surface area (Å²) in [6.45, 7) is 4.56. The van der Waals surface area contributed by atoms with Crippen LogP contribution in [0.25, 0.3) is 0 Å². The number of carbonyl (C=O) groups is 2. The molecule has 0 saturated carbocycles. The normalized spacial score (nSPS) is 12.2. The smallest absolute Gasteiger partial charge is 0.549 e. The van der Waals surface area contributed by atoms with Gasteiger partial charge in [0.25, 0.3) is 0 Å². The first-order chi connectivity index (χ1) is 24.4. The number of hydrogen-bond acceptors (Lipinski definition) is 4. The molecule has 0 aliphatic heterocycles. The van der Waals surface area contributed by atoms with Crippen LogP contribution in [0.4, 0.5) is 0 Å². The number of rotatable bonds is 40. The second-order valence-electron chi connectivity index (χ2n) is 15.2. The van der Waals surface area contributed by atoms with Crippen LogP contribution < -0.4 is 10.2 Å². The van der Waals surface area contributed by atoms with Crippen LogP contribution in [-0.4, -0.2) is 57.5 Å². The van der Waals surface area contributed by atoms with Gasteiger partial charge in [-0.3, -0.25) is 0 Å². The minimum atomic E-state index is -0.910. The maximum Gasteiger partial charge on any atom is 2.00 e. The molecule has 0 heterocycles. The molecule has 7 heteroatoms. The van der Waals surface area contributed by atoms with Crippen LogP contribution in [0, 0.1) is 0 Å². The molecule has 2 unspecified atom stereocenters. The molecule has 0 bridgehead atoms. The summed E-state index contributed by atoms with van der Waals surface area (Å²) >= 11 is 3.95. The number of carboxylic acid groups (broad SMARTS) is 2. The molecular weight excluding hydrogens is 886 g/mol. The van der Waals surface area contributed by atoms with Gasteiger partial charge in [0.15, 0.2) is 0 Å². The summed E-state index contributed by atoms with van der Waals surface area (Å²) < 4.78 is -0.614. The van der Waals surface area contributed by atoms with Crippen molar-refractivity contribution in [3.05, 3.63) is 0 Å². The van der Waals surface area contributed by atoms with Crippen molar-refractivity contribution in [1.82, 2.24) is 0 Å². The van der Waals surface area contributed by atoms with Crippen LogP contribution in [0.3, 0.4) is 0 Å². The molecule has 0 rings (SSSR count). The second-order valence-corrected chi connectivity index (χ2v) is 18.2. The number of aliphatic carboxylic acids is 2. The van der Waals surface area contributed by atoms with Gasteiger partial charge in [-0.05, 0) is 12.8 Å². The van der Waals surface area contributed by atoms with Crippen molar-refractivity contribution in [3.8, 4) is 0 Å². The van der Waals surface area contributed by atoms with Crippen molar-refractivity contribution < 1.29 is 19.8 Å². The monoisotopic (exact) mass is 970 g/mol. The Labute approximate surface area is 376 Å². The van der Waals surface area contributed by atoms with Crippen molar-refractivity contribution in [1.29, 1.82) is 0 Å². The third kappa shape index (κ3) is 51.7. The number of carbonyl (C=O) groups excluding carboxylic acids is 2. The first-order valence-electron chi connectivity index (χ1n) is 22.1. The van der Waals surface area contributed by atoms with E-state index in [0.717, 1.165) is 25.7 Å². The van der Waals surface area contributed by atoms with E-state index in [2.05, 4.69) is 13.8 Å². The van der Waals surface area contributed by atoms with Crippen molar-refractivity contribution in [2.75, 3.05) is 0 Å². The summed E-state index contributed by atoms with van der Waals surface area (Å²) in [5.41, 5.74) is 0. The van der Waals surface area contributed by atoms with Crippen LogP contribution >= 0.6 is 45.2 Å². The molecule has 0 spiro atoms. The van der Waals surface area contributed by atoms with Crippen LogP contribution in [0.2, 0.25) is 0 Å². The van der Waals surface area contributed by atoms with E-state index in [4.69, 9.17) is 0 Å². The fourth-order valence-electron chi connectivity index (χ4n) is 6.69. The van der Waals surface area contributed by atoms with Crippen molar-refractivity contribution in [2.24, 2.45) is 0 Å². The number of carboxylic acids is 2. The summed E-state index contributed by atoms with van der Waals surface area (Å²) in [5.74, 6) is -1.82. The van der Waals surface area contributed by atoms with E-state index < -0.39 is 11.9 Å². The number of unbranched alkanes of at least 4 members (excludes halogenated alkanes) is 34. The van der Waals surface area contributed by atoms with E-state index in [1.807, 2.05) is 45.2 Å². The zero-order valence-corrected chi connectivity index (χ0v) is 40.6. The first-order valence-corrected chi connectivity index (χ1v) is 24.6. The second kappa shape index (κ2) is 49.7. The van der Waals surface area contributed by atoms with Gasteiger partial charge < -0.3 is 19.8 Å². The SMILES string of the molecule is CCCCCCCCCCCCCCCCCCCCC(I)C(=O)[O-].CCCCCCCCCCCCCCCCCCCCC(I)C(=O)[O-].[Ca+2]. The molecular formula is C44H84CaI2O4. The van der Waals surface area contributed by atoms with E-state index in [9.17, 15) is 19.8 Å². The number of halogens is 2. The summed E-state index contributed by atoms with van der Waals surface area (Å²) in [6, 6.07) is 0. The average molecular weight is 971 g/mol. The zero-order valence-electron chi connectivity index (χ0n) is 34.1. The minimum absolute atomic E-state index is 0. The van der Waals surface area contributed by atoms with Crippen molar-refractivity contribution >= 4 is 94.9 Å². The summed E-state index contributed by atoms with van der Waals surface area (Å²) in [4.78, 5) is 21.2. The van der Waals surface area contributed by atoms with Gasteiger partial charge >= 0.3 is 37.7 Å². The van der Waals surface area contributed by atoms with Gasteiger partial charge in [-0.2, -0.15) is 0 Å². The van der Waals surface area contributed by atoms with Gasteiger partial charge in [0.05, 0.1) is 19.8 Å². The third-order valence-corrected chi connectivity index (χ3v) is 12.4. The molecule has 0 fully saturated rings. The molecule has 0 aromatic heterocycles. The molecule has 2 atom stereocenters. The van der Waals surface area contributed by atoms with Crippen LogP contribution in [0.1, 0.15) is 258 Å². The van der Waals surface area contributed by atoms with Gasteiger partial charge in [0, 0.05) is 0 Å². The van der Waals surface area contributed by atoms with Gasteiger partial charge in [-0.1, -0.05) is 290 Å². The Kier molecular flexibility index (Phi) is 55.5. The van der Waals surface area contributed by atoms with E-state index in [0.29, 0.717) is 0 Å². The molecule has 4 nitrogen and oxygen atoms in total. The maximum atomic E-state index is 10.6. The molecule has 0 N–H and O–H groups in total. The fourth-order valence-corrected chi connectivity index (χ4v) is 7.57. The van der Waals surface area contributed by atoms with E-state index in [1.165, 1.54) is 218 Å². The summed E-state index contributed by atoms with van der Waals surface area (Å²) in [6.07, 6.45) is 50.8. The quantitative estimate of drug-likeness (QED) is 0.0265. The fraction of sp³-hybridized carbons (Fsp3) is 0.955. The molecule has 0 aliphatic carbocycles. The van der Waals surface area contributed by atoms with Gasteiger partial charge in [0.2, 0.25) is 0 Å². The number of alkyl halides is 2. The Bertz CT molecular complexity index is 626. The van der Waals surface area contributed by atoms with Crippen LogP contribution in [0.15, 0.2) is 0 Å². The molecule has 300 valence electrons. The molecule has 0 aromatic rings. The van der Waals surface area contributed by atoms with Crippen molar-refractivity contribution in [2.45, 2.75) is 266 Å². The molecule has 0 saturated heterocycles. The van der Waals surface area contributed by atoms with E-state index in [-0.39, 0.29) is 45.6 Å². The summed E-state index contributed by atoms with van der Waals surface area (Å²) in [5, 5.41) is 21.2. The third-order valence-electron chi connectivity index (χ3n) is 10.1. The topological polar surface area (TPSA) is 80.3 Å². The summed E-state index contributed by atoms with van der Waals surface area (Å²) in [7, 11) is 0. The Morgan fingerprint density at radius 1 is 0.333 bits per heavy atom. The minimum Gasteiger partial charge on any atom is -0.549 e. The Balaban J connectivity index is -0.000000886. The Morgan fingerprint density at radius 3 is 0.608 bits per heavy atom. The van der Waals surface area contributed by atoms with Gasteiger partial charge in [0.1, 0.15) is 0 Å². The molecule has 0 aromatic carbocycles. The predicted molar refractivity (Wildman–Crippen MR) is 238 cm³/mol. The first kappa shape index (κ1) is 57.0. The largest absolute Gasteiger partial charge is 2.00 e. The van der Waals surface area contributed by atoms with Crippen LogP contribution in [-0.2, 0) is 9.59 Å². The van der Waals surface area contributed by atoms with E-state index >= 15 is 0 Å². The zero-order chi connectivity index (χ0) is 37.2. The maximum absolute atomic E-state index is 10.6. The van der Waals surface area contributed by atoms with Crippen LogP contribution in [0.5, 0.6) is 0 Å². The Hall–Kier alpha value is 1.66. The molecule has 0 radical (unpaired) electrons. The van der Waals surface area contributed by atoms with Gasteiger partial charge in [-0.15, -0.1) is 0 Å². The molecule has 0 amide bonds. The standard InChI is InChI=1S/2C22H43IO2.Ca/c2*1-2-3-4-5-6-7-8-9-10-11-12-13-14-15-16-17-18-19-20-21(23)22(24)25;/h2*21H,2-20H2,1H3,(H,24,25);/q;;+2/p-2. The molecule has 0 aliphatic rings. The predicted octanol–water partition coefficient (Wildman–Crippen LogP) is 13.6. The number of hydrogen-bond donors (Lipinski definition) is 0. The van der Waals surface area contributed by atoms with Crippen molar-refractivity contribution in [3.63, 3.8) is 0 Å². The average Bonchev–Trinajstić information content (AvgIpc) is 3.10. The van der Waals surface area contributed by atoms with Gasteiger partial charge in [-0.25, -0.2) is 0 Å². The molecule has 51 heavy (non-hydrogen) atoms.